The lowest BCUT2D eigenvalue weighted by molar-refractivity contribution is 0.159. The van der Waals surface area contributed by atoms with Crippen LogP contribution in [0.25, 0.3) is 0 Å². The molecule has 0 saturated carbocycles. The minimum atomic E-state index is -3.01. The molecule has 0 bridgehead atoms. The Morgan fingerprint density at radius 2 is 1.81 bits per heavy atom. The van der Waals surface area contributed by atoms with Gasteiger partial charge in [-0.3, -0.25) is 0 Å². The number of sulfonamides is 1. The Morgan fingerprint density at radius 1 is 1.12 bits per heavy atom. The first-order chi connectivity index (χ1) is 7.59. The molecule has 2 fully saturated rings. The average Bonchev–Trinajstić information content (AvgIpc) is 2.29. The Hall–Kier alpha value is -0.130. The van der Waals surface area contributed by atoms with Crippen LogP contribution < -0.4 is 5.32 Å². The summed E-state index contributed by atoms with van der Waals surface area (Å²) in [6.07, 6.45) is 6.85. The van der Waals surface area contributed by atoms with E-state index in [1.54, 1.807) is 4.31 Å². The van der Waals surface area contributed by atoms with Crippen molar-refractivity contribution in [3.63, 3.8) is 0 Å². The third-order valence-electron chi connectivity index (χ3n) is 3.85. The van der Waals surface area contributed by atoms with Crippen molar-refractivity contribution < 1.29 is 8.42 Å². The number of hydrogen-bond acceptors (Lipinski definition) is 3. The van der Waals surface area contributed by atoms with E-state index in [0.717, 1.165) is 45.3 Å². The largest absolute Gasteiger partial charge is 0.317 e. The summed E-state index contributed by atoms with van der Waals surface area (Å²) < 4.78 is 25.3. The third kappa shape index (κ3) is 2.76. The van der Waals surface area contributed by atoms with Crippen molar-refractivity contribution in [1.29, 1.82) is 0 Å². The third-order valence-corrected chi connectivity index (χ3v) is 5.16. The zero-order chi connectivity index (χ0) is 11.6. The van der Waals surface area contributed by atoms with Crippen LogP contribution in [0.3, 0.4) is 0 Å². The van der Waals surface area contributed by atoms with E-state index in [2.05, 4.69) is 5.32 Å². The zero-order valence-corrected chi connectivity index (χ0v) is 10.8. The van der Waals surface area contributed by atoms with Gasteiger partial charge in [0.2, 0.25) is 10.0 Å². The van der Waals surface area contributed by atoms with E-state index >= 15 is 0 Å². The molecule has 0 amide bonds. The van der Waals surface area contributed by atoms with E-state index in [9.17, 15) is 8.42 Å². The summed E-state index contributed by atoms with van der Waals surface area (Å²) in [7, 11) is -3.01. The van der Waals surface area contributed by atoms with Gasteiger partial charge in [0.1, 0.15) is 0 Å². The van der Waals surface area contributed by atoms with Crippen molar-refractivity contribution in [1.82, 2.24) is 9.62 Å². The van der Waals surface area contributed by atoms with Gasteiger partial charge in [0.25, 0.3) is 0 Å². The standard InChI is InChI=1S/C11H22N2O2S/c1-16(14,15)13-9-3-2-4-11(13)10-5-7-12-8-6-10/h10-12H,2-9H2,1H3/t11-/m0/s1. The quantitative estimate of drug-likeness (QED) is 0.784. The van der Waals surface area contributed by atoms with E-state index in [1.807, 2.05) is 0 Å². The van der Waals surface area contributed by atoms with Gasteiger partial charge in [0.05, 0.1) is 6.26 Å². The lowest BCUT2D eigenvalue weighted by Crippen LogP contribution is -2.49. The molecule has 5 heteroatoms. The fourth-order valence-electron chi connectivity index (χ4n) is 3.04. The second-order valence-electron chi connectivity index (χ2n) is 5.02. The zero-order valence-electron chi connectivity index (χ0n) is 9.98. The summed E-state index contributed by atoms with van der Waals surface area (Å²) >= 11 is 0. The molecule has 0 unspecified atom stereocenters. The number of hydrogen-bond donors (Lipinski definition) is 1. The Labute approximate surface area is 98.4 Å². The number of piperidine rings is 2. The van der Waals surface area contributed by atoms with E-state index < -0.39 is 10.0 Å². The maximum Gasteiger partial charge on any atom is 0.211 e. The van der Waals surface area contributed by atoms with Crippen molar-refractivity contribution in [2.24, 2.45) is 5.92 Å². The van der Waals surface area contributed by atoms with Crippen LogP contribution in [0, 0.1) is 5.92 Å². The molecule has 2 heterocycles. The number of rotatable bonds is 2. The summed E-state index contributed by atoms with van der Waals surface area (Å²) in [6, 6.07) is 0.269. The van der Waals surface area contributed by atoms with Gasteiger partial charge in [-0.15, -0.1) is 0 Å². The summed E-state index contributed by atoms with van der Waals surface area (Å²) in [5.74, 6) is 0.566. The van der Waals surface area contributed by atoms with Crippen LogP contribution in [0.1, 0.15) is 32.1 Å². The molecule has 0 aromatic carbocycles. The summed E-state index contributed by atoms with van der Waals surface area (Å²) in [4.78, 5) is 0. The average molecular weight is 246 g/mol. The highest BCUT2D eigenvalue weighted by molar-refractivity contribution is 7.88. The van der Waals surface area contributed by atoms with Gasteiger partial charge in [-0.05, 0) is 44.7 Å². The molecule has 0 radical (unpaired) electrons. The molecule has 16 heavy (non-hydrogen) atoms. The van der Waals surface area contributed by atoms with Gasteiger partial charge < -0.3 is 5.32 Å². The predicted octanol–water partition coefficient (Wildman–Crippen LogP) is 0.800. The lowest BCUT2D eigenvalue weighted by Gasteiger charge is -2.40. The first-order valence-corrected chi connectivity index (χ1v) is 8.11. The second-order valence-corrected chi connectivity index (χ2v) is 6.96. The number of nitrogens with one attached hydrogen (secondary N) is 1. The molecule has 2 saturated heterocycles. The fourth-order valence-corrected chi connectivity index (χ4v) is 4.27. The minimum absolute atomic E-state index is 0.269. The van der Waals surface area contributed by atoms with Crippen LogP contribution in [0.2, 0.25) is 0 Å². The van der Waals surface area contributed by atoms with Crippen molar-refractivity contribution in [2.45, 2.75) is 38.1 Å². The second kappa shape index (κ2) is 5.02. The van der Waals surface area contributed by atoms with Gasteiger partial charge in [0, 0.05) is 12.6 Å². The smallest absolute Gasteiger partial charge is 0.211 e. The van der Waals surface area contributed by atoms with Crippen molar-refractivity contribution >= 4 is 10.0 Å². The highest BCUT2D eigenvalue weighted by atomic mass is 32.2. The molecule has 0 aromatic heterocycles. The Balaban J connectivity index is 2.09. The molecule has 2 aliphatic heterocycles. The predicted molar refractivity (Wildman–Crippen MR) is 64.8 cm³/mol. The Kier molecular flexibility index (Phi) is 3.87. The molecular weight excluding hydrogens is 224 g/mol. The Bertz CT molecular complexity index is 323. The molecule has 0 spiro atoms. The molecule has 2 rings (SSSR count). The van der Waals surface area contributed by atoms with Gasteiger partial charge in [-0.25, -0.2) is 8.42 Å². The van der Waals surface area contributed by atoms with Crippen molar-refractivity contribution in [2.75, 3.05) is 25.9 Å². The van der Waals surface area contributed by atoms with E-state index in [0.29, 0.717) is 5.92 Å². The van der Waals surface area contributed by atoms with Gasteiger partial charge in [0.15, 0.2) is 0 Å². The molecule has 1 atom stereocenters. The SMILES string of the molecule is CS(=O)(=O)N1CCCC[C@H]1C1CCNCC1. The Morgan fingerprint density at radius 3 is 2.44 bits per heavy atom. The van der Waals surface area contributed by atoms with Crippen LogP contribution >= 0.6 is 0 Å². The van der Waals surface area contributed by atoms with Crippen molar-refractivity contribution in [3.05, 3.63) is 0 Å². The minimum Gasteiger partial charge on any atom is -0.317 e. The first-order valence-electron chi connectivity index (χ1n) is 6.26. The fraction of sp³-hybridized carbons (Fsp3) is 1.00. The van der Waals surface area contributed by atoms with Crippen LogP contribution in [0.5, 0.6) is 0 Å². The maximum atomic E-state index is 11.7. The van der Waals surface area contributed by atoms with Crippen molar-refractivity contribution in [3.8, 4) is 0 Å². The topological polar surface area (TPSA) is 49.4 Å². The van der Waals surface area contributed by atoms with Crippen LogP contribution in [-0.2, 0) is 10.0 Å². The van der Waals surface area contributed by atoms with Gasteiger partial charge >= 0.3 is 0 Å². The molecule has 0 aromatic rings. The summed E-state index contributed by atoms with van der Waals surface area (Å²) in [5.41, 5.74) is 0. The molecule has 94 valence electrons. The summed E-state index contributed by atoms with van der Waals surface area (Å²) in [6.45, 7) is 2.81. The lowest BCUT2D eigenvalue weighted by atomic mass is 9.85. The highest BCUT2D eigenvalue weighted by Crippen LogP contribution is 2.30. The first kappa shape index (κ1) is 12.3. The van der Waals surface area contributed by atoms with E-state index in [4.69, 9.17) is 0 Å². The molecule has 1 N–H and O–H groups in total. The summed E-state index contributed by atoms with van der Waals surface area (Å²) in [5, 5.41) is 3.34. The normalized spacial score (nSPS) is 30.4. The maximum absolute atomic E-state index is 11.7. The highest BCUT2D eigenvalue weighted by Gasteiger charge is 2.35. The monoisotopic (exact) mass is 246 g/mol. The van der Waals surface area contributed by atoms with E-state index in [-0.39, 0.29) is 6.04 Å². The van der Waals surface area contributed by atoms with E-state index in [1.165, 1.54) is 12.7 Å². The molecular formula is C11H22N2O2S. The van der Waals surface area contributed by atoms with Gasteiger partial charge in [-0.2, -0.15) is 4.31 Å². The number of nitrogens with zero attached hydrogens (tertiary/aromatic N) is 1. The molecule has 0 aliphatic carbocycles. The van der Waals surface area contributed by atoms with Crippen LogP contribution in [0.4, 0.5) is 0 Å². The van der Waals surface area contributed by atoms with Crippen LogP contribution in [0.15, 0.2) is 0 Å². The molecule has 2 aliphatic rings. The van der Waals surface area contributed by atoms with Crippen LogP contribution in [-0.4, -0.2) is 44.7 Å². The molecule has 4 nitrogen and oxygen atoms in total. The van der Waals surface area contributed by atoms with Gasteiger partial charge in [-0.1, -0.05) is 6.42 Å².